The van der Waals surface area contributed by atoms with Crippen molar-refractivity contribution in [3.63, 3.8) is 0 Å². The molecule has 168 valence electrons. The fraction of sp³-hybridized carbons (Fsp3) is 0.143. The smallest absolute Gasteiger partial charge is 0.358 e. The van der Waals surface area contributed by atoms with Gasteiger partial charge in [-0.1, -0.05) is 36.4 Å². The first kappa shape index (κ1) is 23.6. The van der Waals surface area contributed by atoms with Crippen LogP contribution in [-0.4, -0.2) is 22.9 Å². The Kier molecular flexibility index (Phi) is 7.44. The maximum absolute atomic E-state index is 13.2. The Balaban J connectivity index is 1.84. The first-order chi connectivity index (χ1) is 15.2. The first-order valence-corrected chi connectivity index (χ1v) is 11.2. The number of rotatable bonds is 7. The summed E-state index contributed by atoms with van der Waals surface area (Å²) in [5.41, 5.74) is 2.73. The van der Waals surface area contributed by atoms with Crippen LogP contribution in [0.25, 0.3) is 0 Å². The molecular formula is C21H19F3N4O2S2. The van der Waals surface area contributed by atoms with Gasteiger partial charge >= 0.3 is 6.18 Å². The van der Waals surface area contributed by atoms with Crippen LogP contribution in [0.2, 0.25) is 0 Å². The molecule has 1 aromatic heterocycles. The maximum Gasteiger partial charge on any atom is 0.416 e. The Labute approximate surface area is 189 Å². The van der Waals surface area contributed by atoms with E-state index in [2.05, 4.69) is 15.7 Å². The van der Waals surface area contributed by atoms with Crippen molar-refractivity contribution in [3.8, 4) is 0 Å². The lowest BCUT2D eigenvalue weighted by Gasteiger charge is -2.25. The standard InChI is InChI=1S/C21H19F3N4O2S2/c22-21(23,24)18-6-4-5-17(13-18)15-28(32(29,30)19-7-2-1-3-8-19)27-20(31)26-14-16-9-11-25-12-10-16/h1-13H,14-15H2,(H2,26,27,31). The van der Waals surface area contributed by atoms with E-state index in [9.17, 15) is 21.6 Å². The molecule has 32 heavy (non-hydrogen) atoms. The Bertz CT molecular complexity index is 1160. The van der Waals surface area contributed by atoms with E-state index in [4.69, 9.17) is 12.2 Å². The van der Waals surface area contributed by atoms with Gasteiger partial charge in [-0.05, 0) is 53.7 Å². The molecule has 6 nitrogen and oxygen atoms in total. The van der Waals surface area contributed by atoms with Crippen molar-refractivity contribution >= 4 is 27.4 Å². The lowest BCUT2D eigenvalue weighted by molar-refractivity contribution is -0.137. The third-order valence-electron chi connectivity index (χ3n) is 4.34. The van der Waals surface area contributed by atoms with Crippen LogP contribution in [0.1, 0.15) is 16.7 Å². The van der Waals surface area contributed by atoms with Crippen molar-refractivity contribution in [1.82, 2.24) is 20.1 Å². The van der Waals surface area contributed by atoms with Gasteiger partial charge in [0.1, 0.15) is 0 Å². The number of halogens is 3. The number of hydrazine groups is 1. The molecule has 0 saturated carbocycles. The fourth-order valence-electron chi connectivity index (χ4n) is 2.75. The minimum Gasteiger partial charge on any atom is -0.358 e. The topological polar surface area (TPSA) is 74.3 Å². The number of nitrogens with zero attached hydrogens (tertiary/aromatic N) is 2. The Morgan fingerprint density at radius 2 is 1.66 bits per heavy atom. The number of pyridine rings is 1. The molecule has 0 bridgehead atoms. The summed E-state index contributed by atoms with van der Waals surface area (Å²) >= 11 is 5.23. The maximum atomic E-state index is 13.2. The molecule has 0 amide bonds. The van der Waals surface area contributed by atoms with E-state index in [1.165, 1.54) is 24.3 Å². The fourth-order valence-corrected chi connectivity index (χ4v) is 4.28. The van der Waals surface area contributed by atoms with Crippen LogP contribution < -0.4 is 10.7 Å². The van der Waals surface area contributed by atoms with Crippen molar-refractivity contribution in [1.29, 1.82) is 0 Å². The molecule has 3 aromatic rings. The highest BCUT2D eigenvalue weighted by atomic mass is 32.2. The Morgan fingerprint density at radius 3 is 2.31 bits per heavy atom. The lowest BCUT2D eigenvalue weighted by Crippen LogP contribution is -2.49. The van der Waals surface area contributed by atoms with Crippen LogP contribution in [0.5, 0.6) is 0 Å². The summed E-state index contributed by atoms with van der Waals surface area (Å²) in [6, 6.07) is 15.5. The van der Waals surface area contributed by atoms with E-state index in [0.717, 1.165) is 22.1 Å². The molecule has 0 saturated heterocycles. The molecule has 0 unspecified atom stereocenters. The molecule has 2 aromatic carbocycles. The summed E-state index contributed by atoms with van der Waals surface area (Å²) in [6.07, 6.45) is -1.34. The highest BCUT2D eigenvalue weighted by molar-refractivity contribution is 7.89. The number of benzene rings is 2. The van der Waals surface area contributed by atoms with E-state index < -0.39 is 21.8 Å². The number of nitrogens with one attached hydrogen (secondary N) is 2. The van der Waals surface area contributed by atoms with Crippen LogP contribution in [0, 0.1) is 0 Å². The minimum absolute atomic E-state index is 0.00621. The number of aromatic nitrogens is 1. The third-order valence-corrected chi connectivity index (χ3v) is 6.24. The molecule has 0 aliphatic rings. The summed E-state index contributed by atoms with van der Waals surface area (Å²) in [5.74, 6) is 0. The van der Waals surface area contributed by atoms with Crippen LogP contribution in [0.3, 0.4) is 0 Å². The van der Waals surface area contributed by atoms with Gasteiger partial charge in [-0.15, -0.1) is 4.41 Å². The molecule has 0 atom stereocenters. The predicted octanol–water partition coefficient (Wildman–Crippen LogP) is 3.87. The van der Waals surface area contributed by atoms with Crippen molar-refractivity contribution in [2.45, 2.75) is 24.2 Å². The van der Waals surface area contributed by atoms with Crippen molar-refractivity contribution in [3.05, 3.63) is 95.8 Å². The molecule has 2 N–H and O–H groups in total. The number of hydrogen-bond donors (Lipinski definition) is 2. The Hall–Kier alpha value is -3.02. The van der Waals surface area contributed by atoms with Gasteiger partial charge in [0.25, 0.3) is 10.0 Å². The number of alkyl halides is 3. The average molecular weight is 481 g/mol. The van der Waals surface area contributed by atoms with Crippen LogP contribution in [0.4, 0.5) is 13.2 Å². The van der Waals surface area contributed by atoms with E-state index in [1.807, 2.05) is 0 Å². The summed E-state index contributed by atoms with van der Waals surface area (Å²) in [5, 5.41) is 2.87. The van der Waals surface area contributed by atoms with Gasteiger partial charge in [-0.2, -0.15) is 13.2 Å². The second-order valence-electron chi connectivity index (χ2n) is 6.67. The van der Waals surface area contributed by atoms with Crippen LogP contribution >= 0.6 is 12.2 Å². The number of thiocarbonyl (C=S) groups is 1. The molecule has 0 fully saturated rings. The SMILES string of the molecule is O=S(=O)(c1ccccc1)N(Cc1cccc(C(F)(F)F)c1)NC(=S)NCc1ccncc1. The molecule has 0 spiro atoms. The molecular weight excluding hydrogens is 461 g/mol. The highest BCUT2D eigenvalue weighted by Crippen LogP contribution is 2.30. The third kappa shape index (κ3) is 6.25. The summed E-state index contributed by atoms with van der Waals surface area (Å²) in [4.78, 5) is 3.88. The largest absolute Gasteiger partial charge is 0.416 e. The monoisotopic (exact) mass is 480 g/mol. The summed E-state index contributed by atoms with van der Waals surface area (Å²) < 4.78 is 66.4. The molecule has 0 aliphatic heterocycles. The zero-order valence-electron chi connectivity index (χ0n) is 16.6. The molecule has 3 rings (SSSR count). The van der Waals surface area contributed by atoms with Gasteiger partial charge in [0, 0.05) is 18.9 Å². The normalized spacial score (nSPS) is 11.9. The second-order valence-corrected chi connectivity index (χ2v) is 8.94. The second kappa shape index (κ2) is 10.1. The van der Waals surface area contributed by atoms with E-state index in [1.54, 1.807) is 42.7 Å². The van der Waals surface area contributed by atoms with Gasteiger partial charge in [0.15, 0.2) is 5.11 Å². The van der Waals surface area contributed by atoms with Crippen molar-refractivity contribution < 1.29 is 21.6 Å². The number of hydrogen-bond acceptors (Lipinski definition) is 4. The van der Waals surface area contributed by atoms with Gasteiger partial charge < -0.3 is 5.32 Å². The Morgan fingerprint density at radius 1 is 0.969 bits per heavy atom. The zero-order valence-corrected chi connectivity index (χ0v) is 18.2. The highest BCUT2D eigenvalue weighted by Gasteiger charge is 2.31. The van der Waals surface area contributed by atoms with Gasteiger partial charge in [0.05, 0.1) is 17.0 Å². The van der Waals surface area contributed by atoms with Crippen LogP contribution in [0.15, 0.2) is 84.0 Å². The van der Waals surface area contributed by atoms with Gasteiger partial charge in [0.2, 0.25) is 0 Å². The lowest BCUT2D eigenvalue weighted by atomic mass is 10.1. The van der Waals surface area contributed by atoms with Crippen molar-refractivity contribution in [2.75, 3.05) is 0 Å². The van der Waals surface area contributed by atoms with Crippen molar-refractivity contribution in [2.24, 2.45) is 0 Å². The molecule has 0 aliphatic carbocycles. The van der Waals surface area contributed by atoms with Gasteiger partial charge in [-0.3, -0.25) is 10.4 Å². The molecule has 0 radical (unpaired) electrons. The quantitative estimate of drug-likeness (QED) is 0.395. The summed E-state index contributed by atoms with van der Waals surface area (Å²) in [7, 11) is -4.12. The molecule has 1 heterocycles. The zero-order chi connectivity index (χ0) is 23.2. The number of sulfonamides is 1. The minimum atomic E-state index is -4.55. The van der Waals surface area contributed by atoms with E-state index in [-0.39, 0.29) is 22.1 Å². The summed E-state index contributed by atoms with van der Waals surface area (Å²) in [6.45, 7) is -0.0740. The van der Waals surface area contributed by atoms with Crippen LogP contribution in [-0.2, 0) is 29.3 Å². The molecule has 11 heteroatoms. The first-order valence-electron chi connectivity index (χ1n) is 9.33. The average Bonchev–Trinajstić information content (AvgIpc) is 2.78. The predicted molar refractivity (Wildman–Crippen MR) is 117 cm³/mol. The van der Waals surface area contributed by atoms with E-state index >= 15 is 0 Å². The van der Waals surface area contributed by atoms with E-state index in [0.29, 0.717) is 6.54 Å². The van der Waals surface area contributed by atoms with Gasteiger partial charge in [-0.25, -0.2) is 8.42 Å².